The molecule has 36 heavy (non-hydrogen) atoms. The van der Waals surface area contributed by atoms with Crippen LogP contribution in [0.3, 0.4) is 0 Å². The van der Waals surface area contributed by atoms with Gasteiger partial charge in [0, 0.05) is 11.1 Å². The average molecular weight is 478 g/mol. The first-order valence-electron chi connectivity index (χ1n) is 10.7. The minimum absolute atomic E-state index is 0.0241. The van der Waals surface area contributed by atoms with E-state index in [2.05, 4.69) is 30.8 Å². The van der Waals surface area contributed by atoms with Crippen molar-refractivity contribution in [2.75, 3.05) is 16.8 Å². The zero-order valence-corrected chi connectivity index (χ0v) is 18.6. The number of pyridine rings is 1. The molecule has 2 aromatic heterocycles. The van der Waals surface area contributed by atoms with Crippen molar-refractivity contribution in [1.29, 1.82) is 10.5 Å². The summed E-state index contributed by atoms with van der Waals surface area (Å²) in [5, 5.41) is 28.0. The number of guanidine groups is 1. The minimum atomic E-state index is -0.690. The maximum Gasteiger partial charge on any atom is 0.264 e. The number of nitrogens with zero attached hydrogens (tertiary/aromatic N) is 6. The number of hydrogen-bond donors (Lipinski definition) is 4. The first-order chi connectivity index (χ1) is 17.6. The number of nitrogens with two attached hydrogens (primary N) is 2. The van der Waals surface area contributed by atoms with Gasteiger partial charge in [-0.1, -0.05) is 41.6 Å². The van der Waals surface area contributed by atoms with Crippen LogP contribution < -0.4 is 26.8 Å². The van der Waals surface area contributed by atoms with Gasteiger partial charge >= 0.3 is 0 Å². The van der Waals surface area contributed by atoms with Gasteiger partial charge in [-0.15, -0.1) is 0 Å². The van der Waals surface area contributed by atoms with E-state index >= 15 is 0 Å². The fourth-order valence-electron chi connectivity index (χ4n) is 3.76. The molecule has 6 N–H and O–H groups in total. The molecule has 0 aliphatic carbocycles. The highest BCUT2D eigenvalue weighted by molar-refractivity contribution is 5.98. The second-order valence-corrected chi connectivity index (χ2v) is 7.64. The lowest BCUT2D eigenvalue weighted by molar-refractivity contribution is 0.243. The predicted molar refractivity (Wildman–Crippen MR) is 130 cm³/mol. The molecule has 1 aliphatic heterocycles. The highest BCUT2D eigenvalue weighted by atomic mass is 16.5. The molecule has 1 unspecified atom stereocenters. The lowest BCUT2D eigenvalue weighted by Gasteiger charge is -2.26. The van der Waals surface area contributed by atoms with Crippen LogP contribution in [0.15, 0.2) is 64.1 Å². The maximum absolute atomic E-state index is 9.51. The van der Waals surface area contributed by atoms with Crippen LogP contribution in [0.1, 0.15) is 28.6 Å². The fourth-order valence-corrected chi connectivity index (χ4v) is 3.76. The van der Waals surface area contributed by atoms with E-state index in [1.165, 1.54) is 0 Å². The van der Waals surface area contributed by atoms with E-state index in [0.717, 1.165) is 0 Å². The van der Waals surface area contributed by atoms with Gasteiger partial charge in [-0.2, -0.15) is 15.5 Å². The molecule has 0 saturated carbocycles. The third-order valence-electron chi connectivity index (χ3n) is 5.39. The molecule has 4 aromatic rings. The Morgan fingerprint density at radius 2 is 1.92 bits per heavy atom. The SMILES string of the molecule is N#CNC1=NC(c2cccc(-c3noc(COc4ccccc4)n3)c2)c2c(nc(N)c(C#N)c2N)N1. The van der Waals surface area contributed by atoms with E-state index in [0.29, 0.717) is 40.0 Å². The molecule has 0 amide bonds. The number of ether oxygens (including phenoxy) is 1. The number of para-hydroxylation sites is 1. The lowest BCUT2D eigenvalue weighted by Crippen LogP contribution is -2.32. The first kappa shape index (κ1) is 22.2. The highest BCUT2D eigenvalue weighted by Crippen LogP contribution is 2.41. The van der Waals surface area contributed by atoms with Crippen LogP contribution >= 0.6 is 0 Å². The second-order valence-electron chi connectivity index (χ2n) is 7.64. The number of hydrogen-bond acceptors (Lipinski definition) is 12. The zero-order chi connectivity index (χ0) is 25.1. The molecular weight excluding hydrogens is 460 g/mol. The first-order valence-corrected chi connectivity index (χ1v) is 10.7. The number of aliphatic imine (C=N–C) groups is 1. The fraction of sp³-hybridized carbons (Fsp3) is 0.0833. The molecule has 3 heterocycles. The quantitative estimate of drug-likeness (QED) is 0.243. The summed E-state index contributed by atoms with van der Waals surface area (Å²) in [5.41, 5.74) is 14.3. The maximum atomic E-state index is 9.51. The zero-order valence-electron chi connectivity index (χ0n) is 18.6. The molecule has 12 heteroatoms. The molecule has 0 spiro atoms. The molecular formula is C24H18N10O2. The van der Waals surface area contributed by atoms with Crippen molar-refractivity contribution < 1.29 is 9.26 Å². The van der Waals surface area contributed by atoms with Crippen molar-refractivity contribution in [3.63, 3.8) is 0 Å². The summed E-state index contributed by atoms with van der Waals surface area (Å²) >= 11 is 0. The second kappa shape index (κ2) is 9.32. The molecule has 2 aromatic carbocycles. The van der Waals surface area contributed by atoms with Crippen LogP contribution in [-0.4, -0.2) is 21.1 Å². The summed E-state index contributed by atoms with van der Waals surface area (Å²) in [5.74, 6) is 1.80. The number of nitriles is 2. The van der Waals surface area contributed by atoms with Crippen LogP contribution in [0.5, 0.6) is 5.75 Å². The number of nitrogen functional groups attached to an aromatic ring is 2. The topological polar surface area (TPSA) is 197 Å². The van der Waals surface area contributed by atoms with Crippen LogP contribution in [-0.2, 0) is 6.61 Å². The van der Waals surface area contributed by atoms with E-state index in [4.69, 9.17) is 26.0 Å². The smallest absolute Gasteiger partial charge is 0.264 e. The van der Waals surface area contributed by atoms with Gasteiger partial charge in [0.1, 0.15) is 35.1 Å². The normalized spacial score (nSPS) is 13.9. The van der Waals surface area contributed by atoms with E-state index in [1.807, 2.05) is 66.9 Å². The van der Waals surface area contributed by atoms with Crippen molar-refractivity contribution in [2.24, 2.45) is 4.99 Å². The molecule has 0 saturated heterocycles. The van der Waals surface area contributed by atoms with E-state index in [1.54, 1.807) is 0 Å². The Labute approximate surface area is 204 Å². The minimum Gasteiger partial charge on any atom is -0.484 e. The third-order valence-corrected chi connectivity index (χ3v) is 5.39. The molecule has 176 valence electrons. The molecule has 5 rings (SSSR count). The summed E-state index contributed by atoms with van der Waals surface area (Å²) < 4.78 is 11.0. The number of aromatic nitrogens is 3. The average Bonchev–Trinajstić information content (AvgIpc) is 3.37. The van der Waals surface area contributed by atoms with Gasteiger partial charge in [-0.05, 0) is 23.8 Å². The largest absolute Gasteiger partial charge is 0.484 e. The summed E-state index contributed by atoms with van der Waals surface area (Å²) in [6, 6.07) is 17.9. The number of benzene rings is 2. The molecule has 0 bridgehead atoms. The monoisotopic (exact) mass is 478 g/mol. The number of anilines is 3. The molecule has 12 nitrogen and oxygen atoms in total. The van der Waals surface area contributed by atoms with E-state index < -0.39 is 6.04 Å². The van der Waals surface area contributed by atoms with Gasteiger partial charge in [0.15, 0.2) is 12.8 Å². The molecule has 0 radical (unpaired) electrons. The van der Waals surface area contributed by atoms with Crippen molar-refractivity contribution in [1.82, 2.24) is 20.4 Å². The van der Waals surface area contributed by atoms with Crippen molar-refractivity contribution >= 4 is 23.3 Å². The Bertz CT molecular complexity index is 1550. The third kappa shape index (κ3) is 4.18. The Morgan fingerprint density at radius 3 is 2.69 bits per heavy atom. The summed E-state index contributed by atoms with van der Waals surface area (Å²) in [6.07, 6.45) is 1.83. The summed E-state index contributed by atoms with van der Waals surface area (Å²) in [6.45, 7) is 0.117. The van der Waals surface area contributed by atoms with Crippen molar-refractivity contribution in [3.05, 3.63) is 77.2 Å². The van der Waals surface area contributed by atoms with Gasteiger partial charge in [-0.25, -0.2) is 9.98 Å². The molecule has 0 fully saturated rings. The number of nitrogens with one attached hydrogen (secondary N) is 2. The standard InChI is InChI=1S/C24H18N10O2/c25-10-16-19(27)18-20(31-24(29-12-26)33-23(18)32-21(16)28)13-5-4-6-14(9-13)22-30-17(36-34-22)11-35-15-7-2-1-3-8-15/h1-9,20H,11H2,(H6,27,28,29,31,32,33). The molecule has 1 atom stereocenters. The Morgan fingerprint density at radius 1 is 1.08 bits per heavy atom. The van der Waals surface area contributed by atoms with Crippen LogP contribution in [0, 0.1) is 22.8 Å². The Balaban J connectivity index is 1.49. The van der Waals surface area contributed by atoms with Gasteiger partial charge < -0.3 is 26.0 Å². The van der Waals surface area contributed by atoms with Crippen LogP contribution in [0.2, 0.25) is 0 Å². The highest BCUT2D eigenvalue weighted by Gasteiger charge is 2.30. The molecule has 1 aliphatic rings. The van der Waals surface area contributed by atoms with E-state index in [-0.39, 0.29) is 29.6 Å². The van der Waals surface area contributed by atoms with Gasteiger partial charge in [-0.3, -0.25) is 5.32 Å². The van der Waals surface area contributed by atoms with Gasteiger partial charge in [0.25, 0.3) is 5.89 Å². The van der Waals surface area contributed by atoms with Gasteiger partial charge in [0.05, 0.1) is 5.69 Å². The summed E-state index contributed by atoms with van der Waals surface area (Å²) in [4.78, 5) is 13.3. The van der Waals surface area contributed by atoms with Crippen LogP contribution in [0.25, 0.3) is 11.4 Å². The number of rotatable bonds is 5. The van der Waals surface area contributed by atoms with Crippen LogP contribution in [0.4, 0.5) is 17.3 Å². The Kier molecular flexibility index (Phi) is 5.75. The van der Waals surface area contributed by atoms with Crippen molar-refractivity contribution in [2.45, 2.75) is 12.6 Å². The predicted octanol–water partition coefficient (Wildman–Crippen LogP) is 2.69. The van der Waals surface area contributed by atoms with Gasteiger partial charge in [0.2, 0.25) is 11.8 Å². The lowest BCUT2D eigenvalue weighted by atomic mass is 9.94. The van der Waals surface area contributed by atoms with Crippen molar-refractivity contribution in [3.8, 4) is 29.4 Å². The summed E-state index contributed by atoms with van der Waals surface area (Å²) in [7, 11) is 0. The number of fused-ring (bicyclic) bond motifs is 1. The Hall–Kier alpha value is -5.62. The van der Waals surface area contributed by atoms with E-state index in [9.17, 15) is 5.26 Å².